The van der Waals surface area contributed by atoms with E-state index in [1.807, 2.05) is 6.07 Å². The third-order valence-corrected chi connectivity index (χ3v) is 4.40. The van der Waals surface area contributed by atoms with Crippen LogP contribution in [0.4, 0.5) is 8.78 Å². The van der Waals surface area contributed by atoms with E-state index in [1.165, 1.54) is 0 Å². The molecule has 1 aromatic rings. The predicted molar refractivity (Wildman–Crippen MR) is 73.6 cm³/mol. The van der Waals surface area contributed by atoms with E-state index in [9.17, 15) is 8.78 Å². The largest absolute Gasteiger partial charge is 0.271 e. The summed E-state index contributed by atoms with van der Waals surface area (Å²) in [5, 5.41) is 0.946. The fourth-order valence-corrected chi connectivity index (χ4v) is 2.93. The average molecular weight is 309 g/mol. The molecule has 1 aliphatic rings. The molecule has 1 aromatic carbocycles. The van der Waals surface area contributed by atoms with Crippen LogP contribution in [0.2, 0.25) is 10.0 Å². The minimum absolute atomic E-state index is 0.0583. The molecule has 0 radical (unpaired) electrons. The van der Waals surface area contributed by atoms with Crippen molar-refractivity contribution in [3.63, 3.8) is 0 Å². The highest BCUT2D eigenvalue weighted by Crippen LogP contribution is 2.40. The summed E-state index contributed by atoms with van der Waals surface area (Å²) in [4.78, 5) is 0. The van der Waals surface area contributed by atoms with Gasteiger partial charge in [0.1, 0.15) is 0 Å². The van der Waals surface area contributed by atoms with E-state index in [0.29, 0.717) is 22.9 Å². The Bertz CT molecular complexity index is 454. The third-order valence-electron chi connectivity index (χ3n) is 3.66. The van der Waals surface area contributed by atoms with Crippen LogP contribution in [-0.4, -0.2) is 12.0 Å². The van der Waals surface area contributed by atoms with E-state index in [4.69, 9.17) is 29.0 Å². The van der Waals surface area contributed by atoms with Crippen LogP contribution in [0.5, 0.6) is 0 Å². The average Bonchev–Trinajstić information content (AvgIpc) is 2.71. The Morgan fingerprint density at radius 2 is 2.11 bits per heavy atom. The van der Waals surface area contributed by atoms with Gasteiger partial charge in [-0.15, -0.1) is 0 Å². The molecule has 2 unspecified atom stereocenters. The zero-order valence-electron chi connectivity index (χ0n) is 10.3. The number of hydrogen-bond donors (Lipinski definition) is 2. The quantitative estimate of drug-likeness (QED) is 0.656. The van der Waals surface area contributed by atoms with Crippen LogP contribution in [0.3, 0.4) is 0 Å². The Hall–Kier alpha value is -0.420. The molecule has 19 heavy (non-hydrogen) atoms. The van der Waals surface area contributed by atoms with E-state index in [0.717, 1.165) is 5.56 Å². The maximum Gasteiger partial charge on any atom is 0.248 e. The summed E-state index contributed by atoms with van der Waals surface area (Å²) in [5.74, 6) is 2.83. The summed E-state index contributed by atoms with van der Waals surface area (Å²) < 4.78 is 26.5. The van der Waals surface area contributed by atoms with Crippen molar-refractivity contribution < 1.29 is 8.78 Å². The Balaban J connectivity index is 2.05. The second kappa shape index (κ2) is 5.92. The van der Waals surface area contributed by atoms with Crippen molar-refractivity contribution in [1.29, 1.82) is 0 Å². The van der Waals surface area contributed by atoms with Gasteiger partial charge in [-0.3, -0.25) is 11.3 Å². The van der Waals surface area contributed by atoms with Gasteiger partial charge in [-0.25, -0.2) is 8.78 Å². The number of nitrogens with one attached hydrogen (secondary N) is 1. The van der Waals surface area contributed by atoms with Gasteiger partial charge < -0.3 is 0 Å². The molecular weight excluding hydrogens is 293 g/mol. The summed E-state index contributed by atoms with van der Waals surface area (Å²) in [6, 6.07) is 5.12. The first kappa shape index (κ1) is 15.0. The number of hydrogen-bond acceptors (Lipinski definition) is 2. The normalized spacial score (nSPS) is 23.5. The van der Waals surface area contributed by atoms with Crippen molar-refractivity contribution in [3.8, 4) is 0 Å². The lowest BCUT2D eigenvalue weighted by atomic mass is 9.92. The van der Waals surface area contributed by atoms with Crippen LogP contribution in [0.25, 0.3) is 0 Å². The molecule has 6 heteroatoms. The van der Waals surface area contributed by atoms with Crippen LogP contribution in [0, 0.1) is 5.92 Å². The molecule has 1 aliphatic carbocycles. The highest BCUT2D eigenvalue weighted by molar-refractivity contribution is 6.42. The molecule has 0 amide bonds. The highest BCUT2D eigenvalue weighted by atomic mass is 35.5. The second-order valence-electron chi connectivity index (χ2n) is 5.08. The van der Waals surface area contributed by atoms with E-state index < -0.39 is 5.92 Å². The molecule has 0 spiro atoms. The summed E-state index contributed by atoms with van der Waals surface area (Å²) in [6.45, 7) is 0. The zero-order chi connectivity index (χ0) is 14.0. The Kier molecular flexibility index (Phi) is 4.66. The maximum atomic E-state index is 13.2. The molecule has 0 saturated heterocycles. The number of halogens is 4. The Labute approximate surface area is 121 Å². The van der Waals surface area contributed by atoms with Crippen molar-refractivity contribution >= 4 is 23.2 Å². The molecule has 0 aliphatic heterocycles. The smallest absolute Gasteiger partial charge is 0.248 e. The van der Waals surface area contributed by atoms with Crippen LogP contribution in [0.15, 0.2) is 18.2 Å². The lowest BCUT2D eigenvalue weighted by molar-refractivity contribution is 0.00331. The first-order chi connectivity index (χ1) is 8.91. The van der Waals surface area contributed by atoms with Crippen LogP contribution >= 0.6 is 23.2 Å². The summed E-state index contributed by atoms with van der Waals surface area (Å²) in [6.07, 6.45) is 0.887. The van der Waals surface area contributed by atoms with E-state index in [2.05, 4.69) is 5.43 Å². The fourth-order valence-electron chi connectivity index (χ4n) is 2.61. The summed E-state index contributed by atoms with van der Waals surface area (Å²) >= 11 is 11.8. The van der Waals surface area contributed by atoms with Gasteiger partial charge in [-0.05, 0) is 36.5 Å². The molecule has 2 atom stereocenters. The van der Waals surface area contributed by atoms with Crippen molar-refractivity contribution in [2.75, 3.05) is 0 Å². The molecule has 1 fully saturated rings. The number of nitrogens with two attached hydrogens (primary N) is 1. The third kappa shape index (κ3) is 3.78. The van der Waals surface area contributed by atoms with Gasteiger partial charge in [0.2, 0.25) is 5.92 Å². The lowest BCUT2D eigenvalue weighted by Gasteiger charge is -2.23. The molecular formula is C13H16Cl2F2N2. The number of rotatable bonds is 4. The van der Waals surface area contributed by atoms with Gasteiger partial charge in [0.25, 0.3) is 0 Å². The number of benzene rings is 1. The Morgan fingerprint density at radius 3 is 2.63 bits per heavy atom. The number of alkyl halides is 2. The second-order valence-corrected chi connectivity index (χ2v) is 5.90. The monoisotopic (exact) mass is 308 g/mol. The van der Waals surface area contributed by atoms with E-state index in [1.54, 1.807) is 12.1 Å². The van der Waals surface area contributed by atoms with Crippen molar-refractivity contribution in [2.24, 2.45) is 11.8 Å². The molecule has 0 bridgehead atoms. The molecule has 3 N–H and O–H groups in total. The topological polar surface area (TPSA) is 38.0 Å². The maximum absolute atomic E-state index is 13.2. The standard InChI is InChI=1S/C13H16Cl2F2N2/c14-10-2-1-8(5-11(10)15)6-12(19-18)9-3-4-13(16,17)7-9/h1-2,5,9,12,19H,3-4,6-7,18H2. The molecule has 1 saturated carbocycles. The minimum atomic E-state index is -2.56. The first-order valence-corrected chi connectivity index (χ1v) is 6.95. The Morgan fingerprint density at radius 1 is 1.37 bits per heavy atom. The molecule has 0 aromatic heterocycles. The fraction of sp³-hybridized carbons (Fsp3) is 0.538. The number of hydrazine groups is 1. The first-order valence-electron chi connectivity index (χ1n) is 6.19. The molecule has 0 heterocycles. The van der Waals surface area contributed by atoms with E-state index >= 15 is 0 Å². The van der Waals surface area contributed by atoms with Crippen LogP contribution in [0.1, 0.15) is 24.8 Å². The van der Waals surface area contributed by atoms with Gasteiger partial charge in [-0.1, -0.05) is 29.3 Å². The van der Waals surface area contributed by atoms with Gasteiger partial charge in [0.15, 0.2) is 0 Å². The molecule has 2 nitrogen and oxygen atoms in total. The van der Waals surface area contributed by atoms with Gasteiger partial charge in [0.05, 0.1) is 10.0 Å². The van der Waals surface area contributed by atoms with Gasteiger partial charge >= 0.3 is 0 Å². The van der Waals surface area contributed by atoms with Crippen LogP contribution in [-0.2, 0) is 6.42 Å². The zero-order valence-corrected chi connectivity index (χ0v) is 11.8. The van der Waals surface area contributed by atoms with Crippen molar-refractivity contribution in [3.05, 3.63) is 33.8 Å². The highest BCUT2D eigenvalue weighted by Gasteiger charge is 2.42. The predicted octanol–water partition coefficient (Wildman–Crippen LogP) is 3.80. The van der Waals surface area contributed by atoms with Gasteiger partial charge in [-0.2, -0.15) is 0 Å². The summed E-state index contributed by atoms with van der Waals surface area (Å²) in [7, 11) is 0. The molecule has 2 rings (SSSR count). The van der Waals surface area contributed by atoms with Gasteiger partial charge in [0, 0.05) is 18.9 Å². The minimum Gasteiger partial charge on any atom is -0.271 e. The molecule has 106 valence electrons. The van der Waals surface area contributed by atoms with Crippen molar-refractivity contribution in [1.82, 2.24) is 5.43 Å². The SMILES string of the molecule is NNC(Cc1ccc(Cl)c(Cl)c1)C1CCC(F)(F)C1. The summed E-state index contributed by atoms with van der Waals surface area (Å²) in [5.41, 5.74) is 3.59. The van der Waals surface area contributed by atoms with Crippen molar-refractivity contribution in [2.45, 2.75) is 37.6 Å². The van der Waals surface area contributed by atoms with E-state index in [-0.39, 0.29) is 24.8 Å². The van der Waals surface area contributed by atoms with Crippen LogP contribution < -0.4 is 11.3 Å². The lowest BCUT2D eigenvalue weighted by Crippen LogP contribution is -2.42.